The van der Waals surface area contributed by atoms with Crippen molar-refractivity contribution in [3.63, 3.8) is 0 Å². The van der Waals surface area contributed by atoms with Crippen LogP contribution in [0.15, 0.2) is 24.3 Å². The molecule has 0 saturated carbocycles. The van der Waals surface area contributed by atoms with Crippen LogP contribution in [0.1, 0.15) is 38.7 Å². The van der Waals surface area contributed by atoms with Gasteiger partial charge in [-0.3, -0.25) is 4.79 Å². The van der Waals surface area contributed by atoms with Gasteiger partial charge in [-0.1, -0.05) is 26.0 Å². The Morgan fingerprint density at radius 2 is 1.95 bits per heavy atom. The standard InChI is InChI=1S/C16H25NO2/c1-13(2)5-4-12-17-16(18)11-8-14-6-9-15(19-3)10-7-14/h6-7,9-10,13H,4-5,8,11-12H2,1-3H3,(H,17,18). The first kappa shape index (κ1) is 15.5. The number of hydrogen-bond acceptors (Lipinski definition) is 2. The Bertz CT molecular complexity index is 371. The number of carbonyl (C=O) groups excluding carboxylic acids is 1. The van der Waals surface area contributed by atoms with Gasteiger partial charge in [-0.25, -0.2) is 0 Å². The molecule has 0 spiro atoms. The number of aryl methyl sites for hydroxylation is 1. The molecular weight excluding hydrogens is 238 g/mol. The Morgan fingerprint density at radius 1 is 1.26 bits per heavy atom. The topological polar surface area (TPSA) is 38.3 Å². The predicted octanol–water partition coefficient (Wildman–Crippen LogP) is 3.18. The molecule has 1 aromatic rings. The van der Waals surface area contributed by atoms with E-state index in [1.807, 2.05) is 24.3 Å². The highest BCUT2D eigenvalue weighted by Crippen LogP contribution is 2.12. The third kappa shape index (κ3) is 6.85. The Kier molecular flexibility index (Phi) is 7.01. The van der Waals surface area contributed by atoms with Crippen LogP contribution in [-0.2, 0) is 11.2 Å². The summed E-state index contributed by atoms with van der Waals surface area (Å²) in [5.74, 6) is 1.69. The zero-order valence-electron chi connectivity index (χ0n) is 12.2. The van der Waals surface area contributed by atoms with E-state index in [0.29, 0.717) is 12.3 Å². The second-order valence-corrected chi connectivity index (χ2v) is 5.23. The maximum atomic E-state index is 11.6. The second kappa shape index (κ2) is 8.57. The molecule has 0 heterocycles. The molecule has 0 unspecified atom stereocenters. The smallest absolute Gasteiger partial charge is 0.220 e. The maximum absolute atomic E-state index is 11.6. The molecule has 1 rings (SSSR count). The molecule has 19 heavy (non-hydrogen) atoms. The van der Waals surface area contributed by atoms with Gasteiger partial charge in [-0.2, -0.15) is 0 Å². The first-order chi connectivity index (χ1) is 9.11. The van der Waals surface area contributed by atoms with E-state index in [1.54, 1.807) is 7.11 Å². The van der Waals surface area contributed by atoms with Crippen molar-refractivity contribution in [2.45, 2.75) is 39.5 Å². The van der Waals surface area contributed by atoms with Crippen LogP contribution in [-0.4, -0.2) is 19.6 Å². The highest BCUT2D eigenvalue weighted by atomic mass is 16.5. The van der Waals surface area contributed by atoms with Crippen molar-refractivity contribution >= 4 is 5.91 Å². The van der Waals surface area contributed by atoms with Crippen LogP contribution in [0.25, 0.3) is 0 Å². The molecule has 0 aliphatic rings. The summed E-state index contributed by atoms with van der Waals surface area (Å²) in [6.07, 6.45) is 3.55. The van der Waals surface area contributed by atoms with Gasteiger partial charge >= 0.3 is 0 Å². The van der Waals surface area contributed by atoms with Gasteiger partial charge in [0.2, 0.25) is 5.91 Å². The molecule has 1 amide bonds. The van der Waals surface area contributed by atoms with Crippen molar-refractivity contribution in [2.24, 2.45) is 5.92 Å². The number of hydrogen-bond donors (Lipinski definition) is 1. The number of benzene rings is 1. The number of ether oxygens (including phenoxy) is 1. The molecular formula is C16H25NO2. The molecule has 0 atom stereocenters. The Morgan fingerprint density at radius 3 is 2.53 bits per heavy atom. The summed E-state index contributed by atoms with van der Waals surface area (Å²) in [7, 11) is 1.65. The molecule has 1 N–H and O–H groups in total. The van der Waals surface area contributed by atoms with Crippen LogP contribution in [0.5, 0.6) is 5.75 Å². The minimum absolute atomic E-state index is 0.138. The van der Waals surface area contributed by atoms with E-state index in [-0.39, 0.29) is 5.91 Å². The van der Waals surface area contributed by atoms with Crippen LogP contribution >= 0.6 is 0 Å². The molecule has 106 valence electrons. The van der Waals surface area contributed by atoms with Crippen molar-refractivity contribution in [1.82, 2.24) is 5.32 Å². The van der Waals surface area contributed by atoms with E-state index < -0.39 is 0 Å². The summed E-state index contributed by atoms with van der Waals surface area (Å²) in [5, 5.41) is 2.97. The van der Waals surface area contributed by atoms with Crippen molar-refractivity contribution in [1.29, 1.82) is 0 Å². The van der Waals surface area contributed by atoms with Gasteiger partial charge < -0.3 is 10.1 Å². The van der Waals surface area contributed by atoms with E-state index in [9.17, 15) is 4.79 Å². The Hall–Kier alpha value is -1.51. The summed E-state index contributed by atoms with van der Waals surface area (Å²) in [6.45, 7) is 5.19. The van der Waals surface area contributed by atoms with Gasteiger partial charge in [-0.05, 0) is 42.9 Å². The predicted molar refractivity (Wildman–Crippen MR) is 78.4 cm³/mol. The molecule has 0 fully saturated rings. The lowest BCUT2D eigenvalue weighted by atomic mass is 10.1. The number of methoxy groups -OCH3 is 1. The zero-order chi connectivity index (χ0) is 14.1. The number of carbonyl (C=O) groups is 1. The minimum Gasteiger partial charge on any atom is -0.497 e. The average Bonchev–Trinajstić information content (AvgIpc) is 2.41. The molecule has 0 radical (unpaired) electrons. The van der Waals surface area contributed by atoms with Gasteiger partial charge in [0.15, 0.2) is 0 Å². The molecule has 0 aliphatic carbocycles. The fraction of sp³-hybridized carbons (Fsp3) is 0.562. The summed E-state index contributed by atoms with van der Waals surface area (Å²) in [4.78, 5) is 11.6. The van der Waals surface area contributed by atoms with E-state index >= 15 is 0 Å². The lowest BCUT2D eigenvalue weighted by Gasteiger charge is -2.07. The van der Waals surface area contributed by atoms with Gasteiger partial charge in [0.1, 0.15) is 5.75 Å². The average molecular weight is 263 g/mol. The van der Waals surface area contributed by atoms with E-state index in [1.165, 1.54) is 6.42 Å². The van der Waals surface area contributed by atoms with Crippen molar-refractivity contribution < 1.29 is 9.53 Å². The minimum atomic E-state index is 0.138. The van der Waals surface area contributed by atoms with Crippen LogP contribution in [0.4, 0.5) is 0 Å². The molecule has 3 heteroatoms. The highest BCUT2D eigenvalue weighted by molar-refractivity contribution is 5.76. The molecule has 1 aromatic carbocycles. The normalized spacial score (nSPS) is 10.5. The first-order valence-electron chi connectivity index (χ1n) is 7.01. The fourth-order valence-corrected chi connectivity index (χ4v) is 1.88. The zero-order valence-corrected chi connectivity index (χ0v) is 12.2. The Labute approximate surface area is 116 Å². The van der Waals surface area contributed by atoms with Gasteiger partial charge in [0.05, 0.1) is 7.11 Å². The molecule has 0 bridgehead atoms. The maximum Gasteiger partial charge on any atom is 0.220 e. The van der Waals surface area contributed by atoms with Crippen LogP contribution in [0, 0.1) is 5.92 Å². The number of nitrogens with one attached hydrogen (secondary N) is 1. The summed E-state index contributed by atoms with van der Waals surface area (Å²) in [6, 6.07) is 7.86. The monoisotopic (exact) mass is 263 g/mol. The lowest BCUT2D eigenvalue weighted by Crippen LogP contribution is -2.24. The van der Waals surface area contributed by atoms with Gasteiger partial charge in [0.25, 0.3) is 0 Å². The molecule has 0 aromatic heterocycles. The summed E-state index contributed by atoms with van der Waals surface area (Å²) < 4.78 is 5.10. The summed E-state index contributed by atoms with van der Waals surface area (Å²) in [5.41, 5.74) is 1.16. The van der Waals surface area contributed by atoms with Crippen molar-refractivity contribution in [2.75, 3.05) is 13.7 Å². The van der Waals surface area contributed by atoms with Crippen LogP contribution < -0.4 is 10.1 Å². The van der Waals surface area contributed by atoms with Gasteiger partial charge in [0, 0.05) is 13.0 Å². The Balaban J connectivity index is 2.18. The number of rotatable bonds is 8. The summed E-state index contributed by atoms with van der Waals surface area (Å²) >= 11 is 0. The third-order valence-corrected chi connectivity index (χ3v) is 3.08. The number of amides is 1. The lowest BCUT2D eigenvalue weighted by molar-refractivity contribution is -0.121. The fourth-order valence-electron chi connectivity index (χ4n) is 1.88. The highest BCUT2D eigenvalue weighted by Gasteiger charge is 2.02. The molecule has 0 aliphatic heterocycles. The van der Waals surface area contributed by atoms with E-state index in [0.717, 1.165) is 30.7 Å². The molecule has 0 saturated heterocycles. The third-order valence-electron chi connectivity index (χ3n) is 3.08. The van der Waals surface area contributed by atoms with E-state index in [2.05, 4.69) is 19.2 Å². The second-order valence-electron chi connectivity index (χ2n) is 5.23. The van der Waals surface area contributed by atoms with Crippen molar-refractivity contribution in [3.05, 3.63) is 29.8 Å². The van der Waals surface area contributed by atoms with Crippen LogP contribution in [0.2, 0.25) is 0 Å². The quantitative estimate of drug-likeness (QED) is 0.732. The SMILES string of the molecule is COc1ccc(CCC(=O)NCCCC(C)C)cc1. The van der Waals surface area contributed by atoms with E-state index in [4.69, 9.17) is 4.74 Å². The van der Waals surface area contributed by atoms with Crippen molar-refractivity contribution in [3.8, 4) is 5.75 Å². The van der Waals surface area contributed by atoms with Gasteiger partial charge in [-0.15, -0.1) is 0 Å². The largest absolute Gasteiger partial charge is 0.497 e. The first-order valence-corrected chi connectivity index (χ1v) is 7.01. The van der Waals surface area contributed by atoms with Crippen LogP contribution in [0.3, 0.4) is 0 Å². The molecule has 3 nitrogen and oxygen atoms in total.